The summed E-state index contributed by atoms with van der Waals surface area (Å²) in [4.78, 5) is 28.2. The fraction of sp³-hybridized carbons (Fsp3) is 0.556. The summed E-state index contributed by atoms with van der Waals surface area (Å²) in [5, 5.41) is 3.85. The predicted molar refractivity (Wildman–Crippen MR) is 97.6 cm³/mol. The molecule has 0 bridgehead atoms. The van der Waals surface area contributed by atoms with Gasteiger partial charge in [0, 0.05) is 24.8 Å². The van der Waals surface area contributed by atoms with Gasteiger partial charge in [0.1, 0.15) is 5.82 Å². The third kappa shape index (κ3) is 3.63. The molecule has 2 aromatic rings. The Morgan fingerprint density at radius 2 is 1.83 bits per heavy atom. The van der Waals surface area contributed by atoms with Crippen molar-refractivity contribution in [2.75, 3.05) is 18.0 Å². The lowest BCUT2D eigenvalue weighted by Crippen LogP contribution is -2.34. The van der Waals surface area contributed by atoms with Crippen molar-refractivity contribution >= 4 is 22.8 Å². The van der Waals surface area contributed by atoms with Crippen LogP contribution < -0.4 is 10.2 Å². The van der Waals surface area contributed by atoms with Gasteiger partial charge in [-0.3, -0.25) is 4.79 Å². The maximum absolute atomic E-state index is 12.5. The van der Waals surface area contributed by atoms with Gasteiger partial charge in [0.25, 0.3) is 5.91 Å². The van der Waals surface area contributed by atoms with Crippen molar-refractivity contribution in [2.24, 2.45) is 0 Å². The first-order valence-electron chi connectivity index (χ1n) is 8.62. The number of hydrogen-bond donors (Lipinski definition) is 1. The highest BCUT2D eigenvalue weighted by molar-refractivity contribution is 5.96. The molecule has 0 fully saturated rings. The van der Waals surface area contributed by atoms with E-state index in [1.54, 1.807) is 0 Å². The summed E-state index contributed by atoms with van der Waals surface area (Å²) in [6.45, 7) is 13.7. The molecule has 130 valence electrons. The molecule has 2 heterocycles. The molecule has 0 spiro atoms. The van der Waals surface area contributed by atoms with Gasteiger partial charge in [-0.05, 0) is 52.7 Å². The number of carbonyl (C=O) groups is 1. The number of pyridine rings is 1. The third-order valence-electron chi connectivity index (χ3n) is 4.23. The maximum atomic E-state index is 12.5. The van der Waals surface area contributed by atoms with Crippen LogP contribution in [0.1, 0.15) is 56.0 Å². The molecule has 0 aliphatic carbocycles. The zero-order valence-electron chi connectivity index (χ0n) is 15.5. The number of amides is 1. The first kappa shape index (κ1) is 18.1. The highest BCUT2D eigenvalue weighted by Crippen LogP contribution is 2.26. The van der Waals surface area contributed by atoms with E-state index in [9.17, 15) is 4.79 Å². The summed E-state index contributed by atoms with van der Waals surface area (Å²) in [6, 6.07) is 2.11. The van der Waals surface area contributed by atoms with Gasteiger partial charge in [-0.2, -0.15) is 0 Å². The Bertz CT molecular complexity index is 740. The summed E-state index contributed by atoms with van der Waals surface area (Å²) in [6.07, 6.45) is 0.860. The molecule has 0 saturated carbocycles. The molecule has 6 heteroatoms. The van der Waals surface area contributed by atoms with Crippen molar-refractivity contribution in [3.05, 3.63) is 23.1 Å². The van der Waals surface area contributed by atoms with Gasteiger partial charge in [-0.25, -0.2) is 15.0 Å². The monoisotopic (exact) mass is 329 g/mol. The Labute approximate surface area is 143 Å². The summed E-state index contributed by atoms with van der Waals surface area (Å²) in [7, 11) is 0. The zero-order chi connectivity index (χ0) is 17.9. The molecule has 0 aliphatic rings. The number of nitrogens with zero attached hydrogens (tertiary/aromatic N) is 4. The van der Waals surface area contributed by atoms with Crippen LogP contribution in [0.25, 0.3) is 11.0 Å². The molecule has 2 rings (SSSR count). The number of fused-ring (bicyclic) bond motifs is 1. The van der Waals surface area contributed by atoms with Gasteiger partial charge in [-0.1, -0.05) is 6.92 Å². The van der Waals surface area contributed by atoms with Gasteiger partial charge < -0.3 is 10.2 Å². The topological polar surface area (TPSA) is 71.0 Å². The highest BCUT2D eigenvalue weighted by Gasteiger charge is 2.20. The van der Waals surface area contributed by atoms with Gasteiger partial charge in [-0.15, -0.1) is 0 Å². The van der Waals surface area contributed by atoms with Gasteiger partial charge >= 0.3 is 0 Å². The predicted octanol–water partition coefficient (Wildman–Crippen LogP) is 3.02. The summed E-state index contributed by atoms with van der Waals surface area (Å²) in [5.41, 5.74) is 2.55. The number of anilines is 1. The fourth-order valence-corrected chi connectivity index (χ4v) is 2.70. The highest BCUT2D eigenvalue weighted by atomic mass is 16.2. The fourth-order valence-electron chi connectivity index (χ4n) is 2.70. The van der Waals surface area contributed by atoms with Crippen LogP contribution in [0.5, 0.6) is 0 Å². The number of carbonyl (C=O) groups excluding carboxylic acids is 1. The first-order valence-corrected chi connectivity index (χ1v) is 8.62. The van der Waals surface area contributed by atoms with E-state index >= 15 is 0 Å². The number of aromatic nitrogens is 3. The first-order chi connectivity index (χ1) is 11.4. The second-order valence-corrected chi connectivity index (χ2v) is 6.11. The Morgan fingerprint density at radius 1 is 1.17 bits per heavy atom. The van der Waals surface area contributed by atoms with Crippen LogP contribution in [0.15, 0.2) is 6.07 Å². The molecule has 24 heavy (non-hydrogen) atoms. The van der Waals surface area contributed by atoms with Gasteiger partial charge in [0.15, 0.2) is 5.65 Å². The SMILES string of the molecule is CC[C@H](C)NC(=O)c1nc(N(CC)CC)c2c(C)cc(C)nc2n1. The standard InChI is InChI=1S/C18H27N5O/c1-7-12(5)20-18(24)16-21-15-14(11(4)10-13(6)19-15)17(22-16)23(8-2)9-3/h10,12H,7-9H2,1-6H3,(H,20,24)/t12-/m0/s1. The van der Waals surface area contributed by atoms with Crippen LogP contribution in [-0.4, -0.2) is 40.0 Å². The second-order valence-electron chi connectivity index (χ2n) is 6.11. The Hall–Kier alpha value is -2.24. The Kier molecular flexibility index (Phi) is 5.70. The third-order valence-corrected chi connectivity index (χ3v) is 4.23. The average Bonchev–Trinajstić information content (AvgIpc) is 2.54. The molecule has 0 aliphatic heterocycles. The molecule has 0 saturated heterocycles. The number of hydrogen-bond acceptors (Lipinski definition) is 5. The Morgan fingerprint density at radius 3 is 2.42 bits per heavy atom. The van der Waals surface area contributed by atoms with Crippen LogP contribution >= 0.6 is 0 Å². The van der Waals surface area contributed by atoms with E-state index in [1.807, 2.05) is 33.8 Å². The second kappa shape index (κ2) is 7.55. The van der Waals surface area contributed by atoms with Crippen LogP contribution in [0.2, 0.25) is 0 Å². The lowest BCUT2D eigenvalue weighted by molar-refractivity contribution is 0.0929. The zero-order valence-corrected chi connectivity index (χ0v) is 15.5. The lowest BCUT2D eigenvalue weighted by Gasteiger charge is -2.23. The van der Waals surface area contributed by atoms with Crippen molar-refractivity contribution in [1.29, 1.82) is 0 Å². The van der Waals surface area contributed by atoms with Gasteiger partial charge in [0.2, 0.25) is 5.82 Å². The maximum Gasteiger partial charge on any atom is 0.289 e. The molecular weight excluding hydrogens is 302 g/mol. The van der Waals surface area contributed by atoms with Crippen molar-refractivity contribution in [2.45, 2.75) is 54.0 Å². The lowest BCUT2D eigenvalue weighted by atomic mass is 10.1. The molecular formula is C18H27N5O. The summed E-state index contributed by atoms with van der Waals surface area (Å²) in [5.74, 6) is 0.715. The molecule has 0 radical (unpaired) electrons. The van der Waals surface area contributed by atoms with Crippen LogP contribution in [0.3, 0.4) is 0 Å². The number of aryl methyl sites for hydroxylation is 2. The summed E-state index contributed by atoms with van der Waals surface area (Å²) >= 11 is 0. The van der Waals surface area contributed by atoms with Crippen molar-refractivity contribution in [1.82, 2.24) is 20.3 Å². The quantitative estimate of drug-likeness (QED) is 0.882. The van der Waals surface area contributed by atoms with Crippen molar-refractivity contribution < 1.29 is 4.79 Å². The largest absolute Gasteiger partial charge is 0.356 e. The minimum atomic E-state index is -0.249. The van der Waals surface area contributed by atoms with Crippen LogP contribution in [0, 0.1) is 13.8 Å². The number of rotatable bonds is 6. The van der Waals surface area contributed by atoms with Gasteiger partial charge in [0.05, 0.1) is 5.39 Å². The smallest absolute Gasteiger partial charge is 0.289 e. The minimum Gasteiger partial charge on any atom is -0.356 e. The van der Waals surface area contributed by atoms with E-state index in [1.165, 1.54) is 0 Å². The molecule has 1 atom stereocenters. The normalized spacial score (nSPS) is 12.2. The van der Waals surface area contributed by atoms with E-state index in [-0.39, 0.29) is 17.8 Å². The summed E-state index contributed by atoms with van der Waals surface area (Å²) < 4.78 is 0. The van der Waals surface area contributed by atoms with Crippen molar-refractivity contribution in [3.63, 3.8) is 0 Å². The molecule has 6 nitrogen and oxygen atoms in total. The molecule has 1 N–H and O–H groups in total. The average molecular weight is 329 g/mol. The molecule has 0 unspecified atom stereocenters. The Balaban J connectivity index is 2.64. The van der Waals surface area contributed by atoms with E-state index in [2.05, 4.69) is 39.0 Å². The molecule has 2 aromatic heterocycles. The van der Waals surface area contributed by atoms with Crippen LogP contribution in [-0.2, 0) is 0 Å². The van der Waals surface area contributed by atoms with Crippen molar-refractivity contribution in [3.8, 4) is 0 Å². The minimum absolute atomic E-state index is 0.0842. The van der Waals surface area contributed by atoms with E-state index in [0.29, 0.717) is 5.65 Å². The van der Waals surface area contributed by atoms with E-state index < -0.39 is 0 Å². The van der Waals surface area contributed by atoms with Crippen LogP contribution in [0.4, 0.5) is 5.82 Å². The van der Waals surface area contributed by atoms with E-state index in [0.717, 1.165) is 42.0 Å². The molecule has 1 amide bonds. The molecule has 0 aromatic carbocycles. The number of nitrogens with one attached hydrogen (secondary N) is 1. The van der Waals surface area contributed by atoms with E-state index in [4.69, 9.17) is 0 Å².